The summed E-state index contributed by atoms with van der Waals surface area (Å²) in [6.07, 6.45) is 4.07. The SMILES string of the molecule is NCC(Cc1ccccc1)NC(=O)C1CCC1. The Morgan fingerprint density at radius 2 is 2.06 bits per heavy atom. The van der Waals surface area contributed by atoms with Crippen LogP contribution in [0.2, 0.25) is 0 Å². The van der Waals surface area contributed by atoms with Crippen molar-refractivity contribution in [3.63, 3.8) is 0 Å². The lowest BCUT2D eigenvalue weighted by atomic mass is 9.84. The lowest BCUT2D eigenvalue weighted by molar-refractivity contribution is -0.128. The van der Waals surface area contributed by atoms with Gasteiger partial charge < -0.3 is 11.1 Å². The van der Waals surface area contributed by atoms with Crippen molar-refractivity contribution in [1.29, 1.82) is 0 Å². The summed E-state index contributed by atoms with van der Waals surface area (Å²) in [5.74, 6) is 0.419. The largest absolute Gasteiger partial charge is 0.352 e. The molecule has 0 saturated heterocycles. The quantitative estimate of drug-likeness (QED) is 0.807. The molecule has 1 aromatic carbocycles. The number of carbonyl (C=O) groups is 1. The number of nitrogens with one attached hydrogen (secondary N) is 1. The number of benzene rings is 1. The molecule has 1 atom stereocenters. The first-order valence-electron chi connectivity index (χ1n) is 6.34. The molecule has 17 heavy (non-hydrogen) atoms. The first-order chi connectivity index (χ1) is 8.29. The number of nitrogens with two attached hydrogens (primary N) is 1. The van der Waals surface area contributed by atoms with Crippen molar-refractivity contribution in [1.82, 2.24) is 5.32 Å². The molecule has 2 rings (SSSR count). The van der Waals surface area contributed by atoms with Crippen LogP contribution in [0.5, 0.6) is 0 Å². The molecule has 0 heterocycles. The van der Waals surface area contributed by atoms with Crippen LogP contribution in [-0.2, 0) is 11.2 Å². The van der Waals surface area contributed by atoms with Gasteiger partial charge in [-0.05, 0) is 24.8 Å². The minimum atomic E-state index is 0.0606. The Balaban J connectivity index is 1.86. The summed E-state index contributed by atoms with van der Waals surface area (Å²) in [6, 6.07) is 10.2. The van der Waals surface area contributed by atoms with Gasteiger partial charge in [-0.3, -0.25) is 4.79 Å². The molecule has 3 heteroatoms. The molecule has 0 spiro atoms. The van der Waals surface area contributed by atoms with Crippen molar-refractivity contribution < 1.29 is 4.79 Å². The van der Waals surface area contributed by atoms with E-state index in [1.165, 1.54) is 12.0 Å². The molecule has 1 amide bonds. The van der Waals surface area contributed by atoms with Crippen molar-refractivity contribution in [2.24, 2.45) is 11.7 Å². The van der Waals surface area contributed by atoms with Gasteiger partial charge in [0, 0.05) is 18.5 Å². The lowest BCUT2D eigenvalue weighted by Crippen LogP contribution is -2.45. The lowest BCUT2D eigenvalue weighted by Gasteiger charge is -2.27. The van der Waals surface area contributed by atoms with Gasteiger partial charge in [0.15, 0.2) is 0 Å². The summed E-state index contributed by atoms with van der Waals surface area (Å²) in [5.41, 5.74) is 6.93. The summed E-state index contributed by atoms with van der Waals surface area (Å²) in [5, 5.41) is 3.05. The van der Waals surface area contributed by atoms with Gasteiger partial charge in [0.05, 0.1) is 0 Å². The normalized spacial score (nSPS) is 17.2. The highest BCUT2D eigenvalue weighted by Gasteiger charge is 2.26. The van der Waals surface area contributed by atoms with E-state index in [0.29, 0.717) is 6.54 Å². The highest BCUT2D eigenvalue weighted by molar-refractivity contribution is 5.79. The molecule has 3 N–H and O–H groups in total. The molecular formula is C14H20N2O. The highest BCUT2D eigenvalue weighted by Crippen LogP contribution is 2.26. The van der Waals surface area contributed by atoms with E-state index in [2.05, 4.69) is 17.4 Å². The number of amides is 1. The van der Waals surface area contributed by atoms with E-state index < -0.39 is 0 Å². The van der Waals surface area contributed by atoms with Crippen molar-refractivity contribution in [3.8, 4) is 0 Å². The summed E-state index contributed by atoms with van der Waals surface area (Å²) in [7, 11) is 0. The zero-order chi connectivity index (χ0) is 12.1. The van der Waals surface area contributed by atoms with Crippen molar-refractivity contribution in [2.75, 3.05) is 6.54 Å². The molecule has 0 aliphatic heterocycles. The van der Waals surface area contributed by atoms with E-state index in [1.807, 2.05) is 18.2 Å². The monoisotopic (exact) mass is 232 g/mol. The van der Waals surface area contributed by atoms with Gasteiger partial charge in [0.2, 0.25) is 5.91 Å². The van der Waals surface area contributed by atoms with E-state index in [-0.39, 0.29) is 17.9 Å². The van der Waals surface area contributed by atoms with Gasteiger partial charge in [0.1, 0.15) is 0 Å². The zero-order valence-electron chi connectivity index (χ0n) is 10.1. The summed E-state index contributed by atoms with van der Waals surface area (Å²) < 4.78 is 0. The maximum Gasteiger partial charge on any atom is 0.223 e. The number of carbonyl (C=O) groups excluding carboxylic acids is 1. The van der Waals surface area contributed by atoms with Crippen molar-refractivity contribution in [3.05, 3.63) is 35.9 Å². The van der Waals surface area contributed by atoms with E-state index in [4.69, 9.17) is 5.73 Å². The Morgan fingerprint density at radius 3 is 2.59 bits per heavy atom. The van der Waals surface area contributed by atoms with Crippen LogP contribution in [-0.4, -0.2) is 18.5 Å². The minimum absolute atomic E-state index is 0.0606. The Kier molecular flexibility index (Phi) is 4.15. The summed E-state index contributed by atoms with van der Waals surface area (Å²) in [4.78, 5) is 11.8. The van der Waals surface area contributed by atoms with Gasteiger partial charge in [-0.1, -0.05) is 36.8 Å². The third kappa shape index (κ3) is 3.30. The standard InChI is InChI=1S/C14H20N2O/c15-10-13(9-11-5-2-1-3-6-11)16-14(17)12-7-4-8-12/h1-3,5-6,12-13H,4,7-10,15H2,(H,16,17). The fourth-order valence-electron chi connectivity index (χ4n) is 2.08. The van der Waals surface area contributed by atoms with Crippen LogP contribution in [0.25, 0.3) is 0 Å². The molecule has 92 valence electrons. The van der Waals surface area contributed by atoms with Crippen LogP contribution in [0.1, 0.15) is 24.8 Å². The first-order valence-corrected chi connectivity index (χ1v) is 6.34. The molecule has 1 aliphatic rings. The predicted molar refractivity (Wildman–Crippen MR) is 68.5 cm³/mol. The van der Waals surface area contributed by atoms with Crippen LogP contribution in [0, 0.1) is 5.92 Å². The molecule has 0 radical (unpaired) electrons. The third-order valence-corrected chi connectivity index (χ3v) is 3.43. The number of rotatable bonds is 5. The molecule has 0 bridgehead atoms. The average molecular weight is 232 g/mol. The second-order valence-electron chi connectivity index (χ2n) is 4.76. The van der Waals surface area contributed by atoms with Gasteiger partial charge in [-0.25, -0.2) is 0 Å². The van der Waals surface area contributed by atoms with Crippen molar-refractivity contribution >= 4 is 5.91 Å². The molecule has 1 unspecified atom stereocenters. The smallest absolute Gasteiger partial charge is 0.223 e. The topological polar surface area (TPSA) is 55.1 Å². The maximum atomic E-state index is 11.8. The first kappa shape index (κ1) is 12.1. The third-order valence-electron chi connectivity index (χ3n) is 3.43. The molecule has 0 aromatic heterocycles. The van der Waals surface area contributed by atoms with Gasteiger partial charge in [0.25, 0.3) is 0 Å². The molecule has 1 aromatic rings. The molecule has 3 nitrogen and oxygen atoms in total. The molecule has 1 fully saturated rings. The fraction of sp³-hybridized carbons (Fsp3) is 0.500. The van der Waals surface area contributed by atoms with Crippen LogP contribution in [0.3, 0.4) is 0 Å². The van der Waals surface area contributed by atoms with E-state index in [9.17, 15) is 4.79 Å². The summed E-state index contributed by atoms with van der Waals surface area (Å²) in [6.45, 7) is 0.493. The average Bonchev–Trinajstić information content (AvgIpc) is 2.27. The van der Waals surface area contributed by atoms with Gasteiger partial charge in [-0.15, -0.1) is 0 Å². The minimum Gasteiger partial charge on any atom is -0.352 e. The maximum absolute atomic E-state index is 11.8. The van der Waals surface area contributed by atoms with Crippen molar-refractivity contribution in [2.45, 2.75) is 31.7 Å². The van der Waals surface area contributed by atoms with Crippen LogP contribution in [0.15, 0.2) is 30.3 Å². The zero-order valence-corrected chi connectivity index (χ0v) is 10.1. The van der Waals surface area contributed by atoms with Gasteiger partial charge in [-0.2, -0.15) is 0 Å². The van der Waals surface area contributed by atoms with Crippen LogP contribution >= 0.6 is 0 Å². The number of hydrogen-bond donors (Lipinski definition) is 2. The summed E-state index contributed by atoms with van der Waals surface area (Å²) >= 11 is 0. The van der Waals surface area contributed by atoms with Crippen LogP contribution in [0.4, 0.5) is 0 Å². The Labute approximate surface area is 102 Å². The molecule has 1 aliphatic carbocycles. The Bertz CT molecular complexity index is 360. The van der Waals surface area contributed by atoms with Gasteiger partial charge >= 0.3 is 0 Å². The fourth-order valence-corrected chi connectivity index (χ4v) is 2.08. The number of hydrogen-bond acceptors (Lipinski definition) is 2. The van der Waals surface area contributed by atoms with E-state index >= 15 is 0 Å². The molecular weight excluding hydrogens is 212 g/mol. The second kappa shape index (κ2) is 5.82. The van der Waals surface area contributed by atoms with E-state index in [1.54, 1.807) is 0 Å². The predicted octanol–water partition coefficient (Wildman–Crippen LogP) is 1.47. The second-order valence-corrected chi connectivity index (χ2v) is 4.76. The van der Waals surface area contributed by atoms with Crippen LogP contribution < -0.4 is 11.1 Å². The van der Waals surface area contributed by atoms with E-state index in [0.717, 1.165) is 19.3 Å². The highest BCUT2D eigenvalue weighted by atomic mass is 16.2. The Hall–Kier alpha value is -1.35. The Morgan fingerprint density at radius 1 is 1.35 bits per heavy atom. The molecule has 1 saturated carbocycles.